The first-order valence-electron chi connectivity index (χ1n) is 14.3. The molecule has 2 aliphatic carbocycles. The van der Waals surface area contributed by atoms with Crippen LogP contribution in [0.15, 0.2) is 36.4 Å². The second-order valence-electron chi connectivity index (χ2n) is 11.8. The highest BCUT2D eigenvalue weighted by molar-refractivity contribution is 5.30. The van der Waals surface area contributed by atoms with Gasteiger partial charge < -0.3 is 14.2 Å². The molecule has 2 aromatic rings. The van der Waals surface area contributed by atoms with Crippen LogP contribution in [0.25, 0.3) is 0 Å². The topological polar surface area (TPSA) is 27.7 Å². The average Bonchev–Trinajstić information content (AvgIpc) is 2.93. The van der Waals surface area contributed by atoms with Gasteiger partial charge in [0.05, 0.1) is 24.7 Å². The minimum Gasteiger partial charge on any atom is -0.432 e. The van der Waals surface area contributed by atoms with Crippen LogP contribution in [0, 0.1) is 35.3 Å². The molecule has 5 rings (SSSR count). The van der Waals surface area contributed by atoms with Gasteiger partial charge in [-0.15, -0.1) is 0 Å². The lowest BCUT2D eigenvalue weighted by Gasteiger charge is -2.37. The van der Waals surface area contributed by atoms with Crippen molar-refractivity contribution >= 4 is 0 Å². The molecule has 1 aliphatic heterocycles. The first-order chi connectivity index (χ1) is 19.1. The molecule has 0 unspecified atom stereocenters. The molecule has 9 heteroatoms. The van der Waals surface area contributed by atoms with E-state index in [0.717, 1.165) is 18.1 Å². The van der Waals surface area contributed by atoms with Gasteiger partial charge in [-0.05, 0) is 80.0 Å². The summed E-state index contributed by atoms with van der Waals surface area (Å²) in [6.45, 7) is 3.48. The van der Waals surface area contributed by atoms with Crippen molar-refractivity contribution < 1.29 is 40.6 Å². The Balaban J connectivity index is 1.14. The van der Waals surface area contributed by atoms with E-state index in [0.29, 0.717) is 55.1 Å². The summed E-state index contributed by atoms with van der Waals surface area (Å²) in [6.07, 6.45) is -1.61. The Bertz CT molecular complexity index is 1130. The zero-order chi connectivity index (χ0) is 28.4. The van der Waals surface area contributed by atoms with Crippen molar-refractivity contribution in [3.8, 4) is 5.75 Å². The van der Waals surface area contributed by atoms with Crippen LogP contribution >= 0.6 is 0 Å². The van der Waals surface area contributed by atoms with Gasteiger partial charge in [0.15, 0.2) is 6.29 Å². The summed E-state index contributed by atoms with van der Waals surface area (Å²) in [5, 5.41) is 0. The maximum absolute atomic E-state index is 15.2. The second-order valence-corrected chi connectivity index (χ2v) is 11.8. The summed E-state index contributed by atoms with van der Waals surface area (Å²) >= 11 is 0. The largest absolute Gasteiger partial charge is 0.432 e. The summed E-state index contributed by atoms with van der Waals surface area (Å²) in [6, 6.07) is 7.11. The summed E-state index contributed by atoms with van der Waals surface area (Å²) in [5.41, 5.74) is 0.209. The number of hydrogen-bond donors (Lipinski definition) is 0. The summed E-state index contributed by atoms with van der Waals surface area (Å²) in [4.78, 5) is 0. The van der Waals surface area contributed by atoms with Crippen molar-refractivity contribution in [1.82, 2.24) is 0 Å². The maximum Gasteiger partial charge on any atom is 0.400 e. The molecule has 0 N–H and O–H groups in total. The second kappa shape index (κ2) is 12.3. The van der Waals surface area contributed by atoms with Crippen molar-refractivity contribution in [2.24, 2.45) is 23.7 Å². The van der Waals surface area contributed by atoms with Crippen molar-refractivity contribution in [1.29, 1.82) is 0 Å². The van der Waals surface area contributed by atoms with Gasteiger partial charge in [0, 0.05) is 17.5 Å². The van der Waals surface area contributed by atoms with E-state index in [4.69, 9.17) is 14.2 Å². The van der Waals surface area contributed by atoms with Crippen LogP contribution in [-0.2, 0) is 9.47 Å². The molecule has 2 saturated carbocycles. The van der Waals surface area contributed by atoms with Crippen molar-refractivity contribution in [2.75, 3.05) is 13.2 Å². The van der Waals surface area contributed by atoms with E-state index < -0.39 is 47.7 Å². The molecule has 3 nitrogen and oxygen atoms in total. The van der Waals surface area contributed by atoms with Gasteiger partial charge in [0.25, 0.3) is 6.43 Å². The average molecular weight is 571 g/mol. The molecule has 1 heterocycles. The van der Waals surface area contributed by atoms with E-state index >= 15 is 4.39 Å². The van der Waals surface area contributed by atoms with E-state index in [9.17, 15) is 22.0 Å². The Morgan fingerprint density at radius 2 is 1.48 bits per heavy atom. The molecule has 0 radical (unpaired) electrons. The summed E-state index contributed by atoms with van der Waals surface area (Å²) < 4.78 is 101. The normalized spacial score (nSPS) is 29.9. The number of ether oxygens (including phenoxy) is 3. The van der Waals surface area contributed by atoms with E-state index in [-0.39, 0.29) is 18.8 Å². The minimum atomic E-state index is -3.62. The van der Waals surface area contributed by atoms with Crippen LogP contribution < -0.4 is 4.74 Å². The maximum atomic E-state index is 15.2. The zero-order valence-electron chi connectivity index (χ0n) is 22.6. The van der Waals surface area contributed by atoms with Crippen molar-refractivity contribution in [2.45, 2.75) is 83.0 Å². The zero-order valence-corrected chi connectivity index (χ0v) is 22.6. The molecular formula is C31H36F6O3. The van der Waals surface area contributed by atoms with Crippen LogP contribution in [-0.4, -0.2) is 19.3 Å². The fraction of sp³-hybridized carbons (Fsp3) is 0.613. The summed E-state index contributed by atoms with van der Waals surface area (Å²) in [7, 11) is 0. The van der Waals surface area contributed by atoms with Gasteiger partial charge in [-0.3, -0.25) is 0 Å². The molecule has 220 valence electrons. The lowest BCUT2D eigenvalue weighted by atomic mass is 9.76. The van der Waals surface area contributed by atoms with Gasteiger partial charge in [-0.25, -0.2) is 17.6 Å². The van der Waals surface area contributed by atoms with E-state index in [2.05, 4.69) is 6.92 Å². The molecule has 40 heavy (non-hydrogen) atoms. The molecule has 0 atom stereocenters. The van der Waals surface area contributed by atoms with Gasteiger partial charge in [0.2, 0.25) is 0 Å². The number of rotatable bonds is 7. The predicted molar refractivity (Wildman–Crippen MR) is 137 cm³/mol. The minimum absolute atomic E-state index is 0.0760. The Labute approximate surface area is 231 Å². The van der Waals surface area contributed by atoms with Crippen LogP contribution in [0.2, 0.25) is 0 Å². The fourth-order valence-corrected chi connectivity index (χ4v) is 6.49. The Morgan fingerprint density at radius 3 is 2.08 bits per heavy atom. The smallest absolute Gasteiger partial charge is 0.400 e. The first-order valence-corrected chi connectivity index (χ1v) is 14.3. The highest BCUT2D eigenvalue weighted by Crippen LogP contribution is 2.44. The molecule has 3 fully saturated rings. The highest BCUT2D eigenvalue weighted by Gasteiger charge is 2.44. The van der Waals surface area contributed by atoms with E-state index in [1.807, 2.05) is 0 Å². The molecule has 2 aromatic carbocycles. The number of alkyl halides is 4. The SMILES string of the molecule is CC1CCC(C2COC(c3ccc(C4CCC(C(F)(F)Oc5ccc(C(F)F)c(F)c5)CC4)c(F)c3)OC2)CC1. The van der Waals surface area contributed by atoms with Gasteiger partial charge in [0.1, 0.15) is 17.4 Å². The molecule has 0 aromatic heterocycles. The lowest BCUT2D eigenvalue weighted by Crippen LogP contribution is -2.37. The first kappa shape index (κ1) is 29.2. The Kier molecular flexibility index (Phi) is 9.00. The summed E-state index contributed by atoms with van der Waals surface area (Å²) in [5.74, 6) is -1.85. The standard InChI is InChI=1S/C31H36F6O3/c1-18-2-4-19(5-3-18)22-16-38-30(39-17-22)21-8-12-25(27(32)14-21)20-6-9-23(10-7-20)31(36,37)40-24-11-13-26(29(34)35)28(33)15-24/h8,11-15,18-20,22-23,29-30H,2-7,9-10,16-17H2,1H3. The van der Waals surface area contributed by atoms with Crippen LogP contribution in [0.5, 0.6) is 5.75 Å². The third kappa shape index (κ3) is 6.62. The molecule has 0 bridgehead atoms. The van der Waals surface area contributed by atoms with Crippen LogP contribution in [0.3, 0.4) is 0 Å². The Morgan fingerprint density at radius 1 is 0.800 bits per heavy atom. The monoisotopic (exact) mass is 570 g/mol. The van der Waals surface area contributed by atoms with Crippen molar-refractivity contribution in [3.63, 3.8) is 0 Å². The Hall–Kier alpha value is -2.26. The van der Waals surface area contributed by atoms with Gasteiger partial charge in [-0.1, -0.05) is 31.9 Å². The number of hydrogen-bond acceptors (Lipinski definition) is 3. The third-order valence-electron chi connectivity index (χ3n) is 9.05. The predicted octanol–water partition coefficient (Wildman–Crippen LogP) is 9.34. The molecule has 0 spiro atoms. The molecule has 0 amide bonds. The van der Waals surface area contributed by atoms with Gasteiger partial charge >= 0.3 is 6.11 Å². The molecule has 3 aliphatic rings. The lowest BCUT2D eigenvalue weighted by molar-refractivity contribution is -0.222. The molecular weight excluding hydrogens is 534 g/mol. The highest BCUT2D eigenvalue weighted by atomic mass is 19.3. The van der Waals surface area contributed by atoms with Gasteiger partial charge in [-0.2, -0.15) is 8.78 Å². The van der Waals surface area contributed by atoms with Crippen LogP contribution in [0.1, 0.15) is 93.6 Å². The van der Waals surface area contributed by atoms with E-state index in [1.54, 1.807) is 12.1 Å². The van der Waals surface area contributed by atoms with Crippen molar-refractivity contribution in [3.05, 3.63) is 64.7 Å². The fourth-order valence-electron chi connectivity index (χ4n) is 6.49. The van der Waals surface area contributed by atoms with E-state index in [1.165, 1.54) is 31.7 Å². The third-order valence-corrected chi connectivity index (χ3v) is 9.05. The number of benzene rings is 2. The number of halogens is 6. The van der Waals surface area contributed by atoms with Crippen LogP contribution in [0.4, 0.5) is 26.3 Å². The molecule has 1 saturated heterocycles. The quantitative estimate of drug-likeness (QED) is 0.311.